The van der Waals surface area contributed by atoms with Crippen LogP contribution in [0.1, 0.15) is 21.1 Å². The minimum Gasteiger partial charge on any atom is -0.335 e. The molecule has 0 radical (unpaired) electrons. The topological polar surface area (TPSA) is 70.8 Å². The highest BCUT2D eigenvalue weighted by molar-refractivity contribution is 7.17. The van der Waals surface area contributed by atoms with Crippen LogP contribution in [0.2, 0.25) is 0 Å². The third-order valence-electron chi connectivity index (χ3n) is 5.41. The number of hydrogen-bond donors (Lipinski definition) is 0. The summed E-state index contributed by atoms with van der Waals surface area (Å²) in [5.41, 5.74) is 2.54. The maximum absolute atomic E-state index is 13.1. The van der Waals surface area contributed by atoms with Gasteiger partial charge in [0.2, 0.25) is 0 Å². The standard InChI is InChI=1S/C22H21N5O2S2/c1-15-19(31-20(23-15)16-5-3-2-4-6-16)21(29)26-9-7-25(8-10-26)14-17-13-18(28)27-11-12-30-22(27)24-17/h2-6,11-13H,7-10,14H2,1H3. The molecule has 1 aromatic carbocycles. The van der Waals surface area contributed by atoms with E-state index in [0.717, 1.165) is 35.0 Å². The Bertz CT molecular complexity index is 1290. The average molecular weight is 452 g/mol. The minimum atomic E-state index is -0.0510. The fourth-order valence-electron chi connectivity index (χ4n) is 3.75. The molecular weight excluding hydrogens is 430 g/mol. The summed E-state index contributed by atoms with van der Waals surface area (Å²) < 4.78 is 1.56. The van der Waals surface area contributed by atoms with Crippen molar-refractivity contribution in [3.05, 3.63) is 74.6 Å². The van der Waals surface area contributed by atoms with Crippen molar-refractivity contribution in [3.63, 3.8) is 0 Å². The van der Waals surface area contributed by atoms with Crippen LogP contribution in [0.25, 0.3) is 15.5 Å². The van der Waals surface area contributed by atoms with E-state index in [2.05, 4.69) is 14.9 Å². The molecular formula is C22H21N5O2S2. The monoisotopic (exact) mass is 451 g/mol. The van der Waals surface area contributed by atoms with Crippen molar-refractivity contribution in [2.45, 2.75) is 13.5 Å². The highest BCUT2D eigenvalue weighted by Gasteiger charge is 2.26. The van der Waals surface area contributed by atoms with E-state index in [9.17, 15) is 9.59 Å². The van der Waals surface area contributed by atoms with Gasteiger partial charge in [-0.2, -0.15) is 0 Å². The fraction of sp³-hybridized carbons (Fsp3) is 0.273. The molecule has 0 saturated carbocycles. The number of nitrogens with zero attached hydrogens (tertiary/aromatic N) is 5. The third kappa shape index (κ3) is 4.04. The normalized spacial score (nSPS) is 14.9. The Morgan fingerprint density at radius 1 is 1.10 bits per heavy atom. The van der Waals surface area contributed by atoms with Crippen molar-refractivity contribution >= 4 is 33.5 Å². The molecule has 31 heavy (non-hydrogen) atoms. The Morgan fingerprint density at radius 3 is 2.65 bits per heavy atom. The molecule has 3 aromatic heterocycles. The van der Waals surface area contributed by atoms with Crippen LogP contribution in [0, 0.1) is 6.92 Å². The van der Waals surface area contributed by atoms with E-state index < -0.39 is 0 Å². The van der Waals surface area contributed by atoms with Gasteiger partial charge in [-0.25, -0.2) is 9.97 Å². The molecule has 7 nitrogen and oxygen atoms in total. The Balaban J connectivity index is 1.24. The summed E-state index contributed by atoms with van der Waals surface area (Å²) in [6, 6.07) is 11.6. The van der Waals surface area contributed by atoms with Crippen LogP contribution in [0.5, 0.6) is 0 Å². The van der Waals surface area contributed by atoms with Crippen LogP contribution in [0.15, 0.2) is 52.8 Å². The smallest absolute Gasteiger partial charge is 0.265 e. The Morgan fingerprint density at radius 2 is 1.87 bits per heavy atom. The first-order valence-corrected chi connectivity index (χ1v) is 11.8. The Hall–Kier alpha value is -2.88. The highest BCUT2D eigenvalue weighted by atomic mass is 32.1. The lowest BCUT2D eigenvalue weighted by Crippen LogP contribution is -2.48. The van der Waals surface area contributed by atoms with Gasteiger partial charge in [0.25, 0.3) is 11.5 Å². The zero-order valence-electron chi connectivity index (χ0n) is 17.0. The van der Waals surface area contributed by atoms with Gasteiger partial charge in [-0.3, -0.25) is 18.9 Å². The first-order chi connectivity index (χ1) is 15.1. The SMILES string of the molecule is Cc1nc(-c2ccccc2)sc1C(=O)N1CCN(Cc2cc(=O)n3ccsc3n2)CC1. The molecule has 4 heterocycles. The second-order valence-corrected chi connectivity index (χ2v) is 9.38. The lowest BCUT2D eigenvalue weighted by atomic mass is 10.2. The largest absolute Gasteiger partial charge is 0.335 e. The molecule has 0 bridgehead atoms. The number of fused-ring (bicyclic) bond motifs is 1. The van der Waals surface area contributed by atoms with Crippen molar-refractivity contribution in [1.82, 2.24) is 24.2 Å². The van der Waals surface area contributed by atoms with E-state index in [1.807, 2.05) is 47.5 Å². The van der Waals surface area contributed by atoms with Gasteiger partial charge in [0.05, 0.1) is 11.4 Å². The van der Waals surface area contributed by atoms with Crippen LogP contribution >= 0.6 is 22.7 Å². The van der Waals surface area contributed by atoms with Crippen molar-refractivity contribution in [2.75, 3.05) is 26.2 Å². The second kappa shape index (κ2) is 8.33. The van der Waals surface area contributed by atoms with Gasteiger partial charge >= 0.3 is 0 Å². The predicted octanol–water partition coefficient (Wildman–Crippen LogP) is 3.15. The van der Waals surface area contributed by atoms with Gasteiger partial charge in [-0.15, -0.1) is 22.7 Å². The molecule has 5 rings (SSSR count). The number of amides is 1. The predicted molar refractivity (Wildman–Crippen MR) is 123 cm³/mol. The first kappa shape index (κ1) is 20.0. The van der Waals surface area contributed by atoms with Gasteiger partial charge < -0.3 is 4.90 Å². The van der Waals surface area contributed by atoms with Gasteiger partial charge in [0, 0.05) is 55.9 Å². The van der Waals surface area contributed by atoms with Gasteiger partial charge in [-0.1, -0.05) is 30.3 Å². The number of benzene rings is 1. The quantitative estimate of drug-likeness (QED) is 0.477. The van der Waals surface area contributed by atoms with E-state index in [0.29, 0.717) is 29.5 Å². The van der Waals surface area contributed by atoms with Crippen molar-refractivity contribution < 1.29 is 4.79 Å². The molecule has 0 atom stereocenters. The molecule has 0 aliphatic carbocycles. The maximum atomic E-state index is 13.1. The van der Waals surface area contributed by atoms with Gasteiger partial charge in [-0.05, 0) is 6.92 Å². The van der Waals surface area contributed by atoms with E-state index in [-0.39, 0.29) is 11.5 Å². The first-order valence-electron chi connectivity index (χ1n) is 10.1. The summed E-state index contributed by atoms with van der Waals surface area (Å²) >= 11 is 2.92. The van der Waals surface area contributed by atoms with E-state index in [1.165, 1.54) is 22.7 Å². The van der Waals surface area contributed by atoms with Crippen LogP contribution in [0.3, 0.4) is 0 Å². The number of aromatic nitrogens is 3. The van der Waals surface area contributed by atoms with Crippen LogP contribution in [0.4, 0.5) is 0 Å². The number of piperazine rings is 1. The third-order valence-corrected chi connectivity index (χ3v) is 7.36. The molecule has 0 unspecified atom stereocenters. The van der Waals surface area contributed by atoms with Crippen molar-refractivity contribution in [2.24, 2.45) is 0 Å². The summed E-state index contributed by atoms with van der Waals surface area (Å²) in [6.07, 6.45) is 1.74. The summed E-state index contributed by atoms with van der Waals surface area (Å²) in [6.45, 7) is 5.32. The zero-order valence-corrected chi connectivity index (χ0v) is 18.7. The van der Waals surface area contributed by atoms with E-state index in [4.69, 9.17) is 0 Å². The van der Waals surface area contributed by atoms with E-state index >= 15 is 0 Å². The van der Waals surface area contributed by atoms with Gasteiger partial charge in [0.1, 0.15) is 9.88 Å². The van der Waals surface area contributed by atoms with Gasteiger partial charge in [0.15, 0.2) is 4.96 Å². The Labute approximate surface area is 187 Å². The molecule has 158 valence electrons. The van der Waals surface area contributed by atoms with Crippen LogP contribution in [-0.2, 0) is 6.54 Å². The zero-order chi connectivity index (χ0) is 21.4. The Kier molecular flexibility index (Phi) is 5.39. The lowest BCUT2D eigenvalue weighted by Gasteiger charge is -2.34. The summed E-state index contributed by atoms with van der Waals surface area (Å²) in [5.74, 6) is 0.0493. The summed E-state index contributed by atoms with van der Waals surface area (Å²) in [7, 11) is 0. The fourth-order valence-corrected chi connectivity index (χ4v) is 5.53. The maximum Gasteiger partial charge on any atom is 0.265 e. The minimum absolute atomic E-state index is 0.0493. The van der Waals surface area contributed by atoms with Crippen molar-refractivity contribution in [1.29, 1.82) is 0 Å². The highest BCUT2D eigenvalue weighted by Crippen LogP contribution is 2.29. The second-order valence-electron chi connectivity index (χ2n) is 7.51. The lowest BCUT2D eigenvalue weighted by molar-refractivity contribution is 0.0631. The molecule has 1 saturated heterocycles. The van der Waals surface area contributed by atoms with Crippen LogP contribution < -0.4 is 5.56 Å². The number of carbonyl (C=O) groups is 1. The number of carbonyl (C=O) groups excluding carboxylic acids is 1. The molecule has 0 spiro atoms. The number of hydrogen-bond acceptors (Lipinski definition) is 7. The molecule has 1 amide bonds. The van der Waals surface area contributed by atoms with Crippen LogP contribution in [-0.4, -0.2) is 56.3 Å². The average Bonchev–Trinajstić information content (AvgIpc) is 3.41. The van der Waals surface area contributed by atoms with Crippen molar-refractivity contribution in [3.8, 4) is 10.6 Å². The number of thiazole rings is 2. The number of aryl methyl sites for hydroxylation is 1. The molecule has 1 aliphatic heterocycles. The molecule has 1 fully saturated rings. The molecule has 0 N–H and O–H groups in total. The molecule has 4 aromatic rings. The van der Waals surface area contributed by atoms with E-state index in [1.54, 1.807) is 16.7 Å². The summed E-state index contributed by atoms with van der Waals surface area (Å²) in [5, 5.41) is 2.74. The summed E-state index contributed by atoms with van der Waals surface area (Å²) in [4.78, 5) is 40.1. The number of rotatable bonds is 4. The molecule has 1 aliphatic rings. The molecule has 9 heteroatoms.